The largest absolute Gasteiger partial charge is 0.462 e. The highest BCUT2D eigenvalue weighted by Crippen LogP contribution is 2.19. The van der Waals surface area contributed by atoms with E-state index in [1.165, 1.54) is 308 Å². The molecule has 0 aliphatic heterocycles. The second-order valence-electron chi connectivity index (χ2n) is 25.6. The third-order valence-corrected chi connectivity index (χ3v) is 17.1. The number of esters is 3. The van der Waals surface area contributed by atoms with Gasteiger partial charge in [0, 0.05) is 19.3 Å². The Balaban J connectivity index is 4.15. The van der Waals surface area contributed by atoms with Crippen molar-refractivity contribution in [2.45, 2.75) is 425 Å². The van der Waals surface area contributed by atoms with Crippen LogP contribution in [0.2, 0.25) is 0 Å². The maximum Gasteiger partial charge on any atom is 0.306 e. The summed E-state index contributed by atoms with van der Waals surface area (Å²) in [5, 5.41) is 0. The molecule has 1 unspecified atom stereocenters. The molecule has 6 nitrogen and oxygen atoms in total. The molecule has 0 bridgehead atoms. The normalized spacial score (nSPS) is 12.2. The summed E-state index contributed by atoms with van der Waals surface area (Å²) in [5.41, 5.74) is 0. The molecule has 0 aromatic rings. The molecule has 1 atom stereocenters. The van der Waals surface area contributed by atoms with Crippen LogP contribution in [0.25, 0.3) is 0 Å². The Morgan fingerprint density at radius 1 is 0.241 bits per heavy atom. The Labute approximate surface area is 518 Å². The molecule has 0 N–H and O–H groups in total. The summed E-state index contributed by atoms with van der Waals surface area (Å²) in [6.45, 7) is 6.69. The van der Waals surface area contributed by atoms with Crippen molar-refractivity contribution < 1.29 is 28.6 Å². The van der Waals surface area contributed by atoms with E-state index in [1.807, 2.05) is 0 Å². The summed E-state index contributed by atoms with van der Waals surface area (Å²) < 4.78 is 17.0. The quantitative estimate of drug-likeness (QED) is 0.0261. The van der Waals surface area contributed by atoms with Gasteiger partial charge in [-0.3, -0.25) is 14.4 Å². The zero-order valence-corrected chi connectivity index (χ0v) is 56.2. The monoisotopic (exact) mass is 1170 g/mol. The van der Waals surface area contributed by atoms with E-state index in [4.69, 9.17) is 14.2 Å². The van der Waals surface area contributed by atoms with E-state index in [0.717, 1.165) is 70.6 Å². The van der Waals surface area contributed by atoms with Gasteiger partial charge in [-0.2, -0.15) is 0 Å². The summed E-state index contributed by atoms with van der Waals surface area (Å²) >= 11 is 0. The second kappa shape index (κ2) is 72.1. The van der Waals surface area contributed by atoms with Crippen molar-refractivity contribution in [2.75, 3.05) is 13.2 Å². The molecule has 0 aromatic carbocycles. The Morgan fingerprint density at radius 3 is 0.687 bits per heavy atom. The first-order valence-electron chi connectivity index (χ1n) is 37.5. The molecule has 488 valence electrons. The molecule has 0 fully saturated rings. The Kier molecular flexibility index (Phi) is 70.0. The molecule has 0 aliphatic rings. The van der Waals surface area contributed by atoms with Crippen molar-refractivity contribution in [1.82, 2.24) is 0 Å². The number of unbranched alkanes of at least 4 members (excludes halogenated alkanes) is 53. The van der Waals surface area contributed by atoms with Crippen LogP contribution in [-0.2, 0) is 28.6 Å². The van der Waals surface area contributed by atoms with Crippen molar-refractivity contribution in [3.63, 3.8) is 0 Å². The third-order valence-electron chi connectivity index (χ3n) is 17.1. The number of allylic oxidation sites excluding steroid dienone is 6. The first-order chi connectivity index (χ1) is 41.0. The first-order valence-corrected chi connectivity index (χ1v) is 37.5. The van der Waals surface area contributed by atoms with E-state index in [-0.39, 0.29) is 31.1 Å². The van der Waals surface area contributed by atoms with Gasteiger partial charge in [0.05, 0.1) is 0 Å². The standard InChI is InChI=1S/C77H144O6/c1-4-7-10-13-16-19-22-25-27-29-31-33-34-35-36-37-38-39-40-41-42-44-45-47-49-52-55-58-61-64-67-70-76(79)82-73-74(72-81-75(78)69-66-63-60-57-54-51-24-21-18-15-12-9-6-3)83-77(80)71-68-65-62-59-56-53-50-48-46-43-32-30-28-26-23-20-17-14-11-8-5-2/h21-22,24-25,29,31,74H,4-20,23,26-28,30,32-73H2,1-3H3/b24-21-,25-22-,31-29-. The van der Waals surface area contributed by atoms with Gasteiger partial charge >= 0.3 is 17.9 Å². The van der Waals surface area contributed by atoms with E-state index >= 15 is 0 Å². The lowest BCUT2D eigenvalue weighted by Gasteiger charge is -2.18. The molecule has 0 aromatic heterocycles. The van der Waals surface area contributed by atoms with Gasteiger partial charge in [0.15, 0.2) is 6.10 Å². The number of hydrogen-bond acceptors (Lipinski definition) is 6. The zero-order valence-electron chi connectivity index (χ0n) is 56.2. The minimum atomic E-state index is -0.773. The zero-order chi connectivity index (χ0) is 59.9. The van der Waals surface area contributed by atoms with Crippen LogP contribution in [0.4, 0.5) is 0 Å². The minimum Gasteiger partial charge on any atom is -0.462 e. The molecule has 83 heavy (non-hydrogen) atoms. The van der Waals surface area contributed by atoms with Crippen LogP contribution >= 0.6 is 0 Å². The number of carbonyl (C=O) groups excluding carboxylic acids is 3. The van der Waals surface area contributed by atoms with Gasteiger partial charge in [0.2, 0.25) is 0 Å². The van der Waals surface area contributed by atoms with Crippen molar-refractivity contribution in [3.8, 4) is 0 Å². The van der Waals surface area contributed by atoms with Crippen molar-refractivity contribution in [3.05, 3.63) is 36.5 Å². The van der Waals surface area contributed by atoms with Gasteiger partial charge in [0.25, 0.3) is 0 Å². The molecule has 0 rings (SSSR count). The maximum atomic E-state index is 13.0. The topological polar surface area (TPSA) is 78.9 Å². The molecule has 0 saturated heterocycles. The van der Waals surface area contributed by atoms with Gasteiger partial charge < -0.3 is 14.2 Å². The van der Waals surface area contributed by atoms with E-state index in [1.54, 1.807) is 0 Å². The third kappa shape index (κ3) is 70.3. The van der Waals surface area contributed by atoms with Crippen LogP contribution in [0.15, 0.2) is 36.5 Å². The van der Waals surface area contributed by atoms with Crippen molar-refractivity contribution >= 4 is 17.9 Å². The van der Waals surface area contributed by atoms with Crippen LogP contribution in [0, 0.1) is 0 Å². The number of rotatable bonds is 70. The summed E-state index contributed by atoms with van der Waals surface area (Å²) in [4.78, 5) is 38.5. The fraction of sp³-hybridized carbons (Fsp3) is 0.883. The lowest BCUT2D eigenvalue weighted by Crippen LogP contribution is -2.30. The summed E-state index contributed by atoms with van der Waals surface area (Å²) in [6, 6.07) is 0. The molecule has 0 heterocycles. The van der Waals surface area contributed by atoms with Gasteiger partial charge in [-0.25, -0.2) is 0 Å². The lowest BCUT2D eigenvalue weighted by atomic mass is 10.0. The number of ether oxygens (including phenoxy) is 3. The first kappa shape index (κ1) is 80.6. The highest BCUT2D eigenvalue weighted by atomic mass is 16.6. The summed E-state index contributed by atoms with van der Waals surface area (Å²) in [6.07, 6.45) is 90.5. The van der Waals surface area contributed by atoms with Crippen LogP contribution in [0.5, 0.6) is 0 Å². The van der Waals surface area contributed by atoms with Crippen molar-refractivity contribution in [2.24, 2.45) is 0 Å². The van der Waals surface area contributed by atoms with Crippen LogP contribution < -0.4 is 0 Å². The molecule has 0 aliphatic carbocycles. The molecule has 6 heteroatoms. The molecule has 0 radical (unpaired) electrons. The van der Waals surface area contributed by atoms with Crippen molar-refractivity contribution in [1.29, 1.82) is 0 Å². The van der Waals surface area contributed by atoms with E-state index in [0.29, 0.717) is 19.3 Å². The lowest BCUT2D eigenvalue weighted by molar-refractivity contribution is -0.167. The summed E-state index contributed by atoms with van der Waals surface area (Å²) in [5.74, 6) is -0.845. The average molecular weight is 1170 g/mol. The van der Waals surface area contributed by atoms with Gasteiger partial charge in [-0.1, -0.05) is 359 Å². The number of hydrogen-bond donors (Lipinski definition) is 0. The molecular formula is C77H144O6. The second-order valence-corrected chi connectivity index (χ2v) is 25.6. The average Bonchev–Trinajstić information content (AvgIpc) is 3.49. The highest BCUT2D eigenvalue weighted by molar-refractivity contribution is 5.71. The Hall–Kier alpha value is -2.37. The fourth-order valence-corrected chi connectivity index (χ4v) is 11.5. The molecule has 0 saturated carbocycles. The van der Waals surface area contributed by atoms with Gasteiger partial charge in [-0.15, -0.1) is 0 Å². The Bertz CT molecular complexity index is 1380. The predicted octanol–water partition coefficient (Wildman–Crippen LogP) is 25.9. The van der Waals surface area contributed by atoms with Crippen LogP contribution in [0.3, 0.4) is 0 Å². The molecular weight excluding hydrogens is 1020 g/mol. The van der Waals surface area contributed by atoms with E-state index < -0.39 is 6.10 Å². The minimum absolute atomic E-state index is 0.0683. The highest BCUT2D eigenvalue weighted by Gasteiger charge is 2.20. The van der Waals surface area contributed by atoms with Gasteiger partial charge in [-0.05, 0) is 77.0 Å². The fourth-order valence-electron chi connectivity index (χ4n) is 11.5. The van der Waals surface area contributed by atoms with Gasteiger partial charge in [0.1, 0.15) is 13.2 Å². The van der Waals surface area contributed by atoms with Crippen LogP contribution in [0.1, 0.15) is 419 Å². The summed E-state index contributed by atoms with van der Waals surface area (Å²) in [7, 11) is 0. The SMILES string of the molecule is CCCCCC/C=C\CCCCCCCC(=O)OCC(COC(=O)CCCCCCCCCCCCCCCCCCCCC/C=C\C/C=C\CCCCCCC)OC(=O)CCCCCCCCCCCCCCCCCCCCCCC. The Morgan fingerprint density at radius 2 is 0.434 bits per heavy atom. The smallest absolute Gasteiger partial charge is 0.306 e. The molecule has 0 spiro atoms. The predicted molar refractivity (Wildman–Crippen MR) is 362 cm³/mol. The maximum absolute atomic E-state index is 13.0. The van der Waals surface area contributed by atoms with Crippen LogP contribution in [-0.4, -0.2) is 37.2 Å². The van der Waals surface area contributed by atoms with E-state index in [9.17, 15) is 14.4 Å². The number of carbonyl (C=O) groups is 3. The molecule has 0 amide bonds. The van der Waals surface area contributed by atoms with E-state index in [2.05, 4.69) is 57.2 Å².